The summed E-state index contributed by atoms with van der Waals surface area (Å²) in [6.07, 6.45) is 4.68. The van der Waals surface area contributed by atoms with Gasteiger partial charge in [-0.1, -0.05) is 58.2 Å². The molecule has 0 unspecified atom stereocenters. The Balaban J connectivity index is 2.53. The SMILES string of the molecule is CCCCCCNC(=O)Nc1c(C)cccc1C(C)C. The minimum absolute atomic E-state index is 0.0994. The minimum Gasteiger partial charge on any atom is -0.338 e. The van der Waals surface area contributed by atoms with Crippen LogP contribution in [0.2, 0.25) is 0 Å². The number of urea groups is 1. The maximum absolute atomic E-state index is 11.9. The molecule has 0 aliphatic rings. The van der Waals surface area contributed by atoms with Crippen LogP contribution in [0.15, 0.2) is 18.2 Å². The van der Waals surface area contributed by atoms with Crippen LogP contribution in [0, 0.1) is 6.92 Å². The van der Waals surface area contributed by atoms with E-state index in [1.54, 1.807) is 0 Å². The summed E-state index contributed by atoms with van der Waals surface area (Å²) in [6.45, 7) is 9.24. The molecule has 3 heteroatoms. The molecular weight excluding hydrogens is 248 g/mol. The summed E-state index contributed by atoms with van der Waals surface area (Å²) in [6, 6.07) is 6.05. The fourth-order valence-corrected chi connectivity index (χ4v) is 2.25. The zero-order chi connectivity index (χ0) is 15.0. The molecule has 0 atom stereocenters. The van der Waals surface area contributed by atoms with Crippen molar-refractivity contribution in [3.8, 4) is 0 Å². The third-order valence-corrected chi connectivity index (χ3v) is 3.48. The van der Waals surface area contributed by atoms with Gasteiger partial charge in [-0.25, -0.2) is 4.79 Å². The zero-order valence-corrected chi connectivity index (χ0v) is 13.3. The van der Waals surface area contributed by atoms with Crippen LogP contribution in [0.3, 0.4) is 0 Å². The van der Waals surface area contributed by atoms with Crippen molar-refractivity contribution < 1.29 is 4.79 Å². The lowest BCUT2D eigenvalue weighted by Crippen LogP contribution is -2.30. The Kier molecular flexibility index (Phi) is 7.13. The molecule has 2 amide bonds. The second kappa shape index (κ2) is 8.62. The number of carbonyl (C=O) groups is 1. The van der Waals surface area contributed by atoms with Crippen molar-refractivity contribution in [3.63, 3.8) is 0 Å². The molecule has 0 bridgehead atoms. The van der Waals surface area contributed by atoms with Gasteiger partial charge >= 0.3 is 6.03 Å². The topological polar surface area (TPSA) is 41.1 Å². The molecule has 0 spiro atoms. The molecule has 0 heterocycles. The van der Waals surface area contributed by atoms with E-state index in [1.165, 1.54) is 24.8 Å². The average Bonchev–Trinajstić information content (AvgIpc) is 2.40. The van der Waals surface area contributed by atoms with Gasteiger partial charge in [-0.05, 0) is 30.4 Å². The lowest BCUT2D eigenvalue weighted by atomic mass is 9.98. The van der Waals surface area contributed by atoms with Crippen LogP contribution in [-0.2, 0) is 0 Å². The first-order valence-corrected chi connectivity index (χ1v) is 7.70. The highest BCUT2D eigenvalue weighted by atomic mass is 16.2. The second-order valence-electron chi connectivity index (χ2n) is 5.64. The molecule has 1 rings (SSSR count). The van der Waals surface area contributed by atoms with Crippen LogP contribution in [0.5, 0.6) is 0 Å². The molecule has 0 aliphatic carbocycles. The average molecular weight is 276 g/mol. The van der Waals surface area contributed by atoms with Gasteiger partial charge in [0.15, 0.2) is 0 Å². The Morgan fingerprint density at radius 2 is 1.95 bits per heavy atom. The Bertz CT molecular complexity index is 427. The molecule has 0 radical (unpaired) electrons. The van der Waals surface area contributed by atoms with E-state index in [0.717, 1.165) is 24.2 Å². The van der Waals surface area contributed by atoms with E-state index in [4.69, 9.17) is 0 Å². The van der Waals surface area contributed by atoms with Crippen LogP contribution in [0.1, 0.15) is 63.5 Å². The summed E-state index contributed by atoms with van der Waals surface area (Å²) < 4.78 is 0. The smallest absolute Gasteiger partial charge is 0.319 e. The number of nitrogens with one attached hydrogen (secondary N) is 2. The van der Waals surface area contributed by atoms with Crippen molar-refractivity contribution >= 4 is 11.7 Å². The lowest BCUT2D eigenvalue weighted by Gasteiger charge is -2.16. The van der Waals surface area contributed by atoms with Gasteiger partial charge in [-0.3, -0.25) is 0 Å². The summed E-state index contributed by atoms with van der Waals surface area (Å²) in [7, 11) is 0. The standard InChI is InChI=1S/C17H28N2O/c1-5-6-7-8-12-18-17(20)19-16-14(4)10-9-11-15(16)13(2)3/h9-11,13H,5-8,12H2,1-4H3,(H2,18,19,20). The molecule has 0 fully saturated rings. The van der Waals surface area contributed by atoms with E-state index in [2.05, 4.69) is 37.5 Å². The van der Waals surface area contributed by atoms with Crippen molar-refractivity contribution in [1.82, 2.24) is 5.32 Å². The highest BCUT2D eigenvalue weighted by Gasteiger charge is 2.11. The normalized spacial score (nSPS) is 10.7. The van der Waals surface area contributed by atoms with Gasteiger partial charge in [0.05, 0.1) is 0 Å². The highest BCUT2D eigenvalue weighted by Crippen LogP contribution is 2.27. The van der Waals surface area contributed by atoms with Gasteiger partial charge in [0, 0.05) is 12.2 Å². The van der Waals surface area contributed by atoms with Crippen LogP contribution in [-0.4, -0.2) is 12.6 Å². The van der Waals surface area contributed by atoms with Gasteiger partial charge in [-0.15, -0.1) is 0 Å². The number of aryl methyl sites for hydroxylation is 1. The van der Waals surface area contributed by atoms with E-state index in [9.17, 15) is 4.79 Å². The Morgan fingerprint density at radius 3 is 2.60 bits per heavy atom. The van der Waals surface area contributed by atoms with Crippen LogP contribution < -0.4 is 10.6 Å². The van der Waals surface area contributed by atoms with E-state index < -0.39 is 0 Å². The predicted octanol–water partition coefficient (Wildman–Crippen LogP) is 4.82. The summed E-state index contributed by atoms with van der Waals surface area (Å²) in [5, 5.41) is 5.93. The number of hydrogen-bond donors (Lipinski definition) is 2. The second-order valence-corrected chi connectivity index (χ2v) is 5.64. The fourth-order valence-electron chi connectivity index (χ4n) is 2.25. The Hall–Kier alpha value is -1.51. The number of para-hydroxylation sites is 1. The van der Waals surface area contributed by atoms with Crippen LogP contribution in [0.4, 0.5) is 10.5 Å². The fraction of sp³-hybridized carbons (Fsp3) is 0.588. The third kappa shape index (κ3) is 5.24. The van der Waals surface area contributed by atoms with Crippen molar-refractivity contribution in [2.45, 2.75) is 59.3 Å². The number of benzene rings is 1. The van der Waals surface area contributed by atoms with Gasteiger partial charge in [0.1, 0.15) is 0 Å². The van der Waals surface area contributed by atoms with Crippen molar-refractivity contribution in [2.75, 3.05) is 11.9 Å². The molecule has 0 aromatic heterocycles. The summed E-state index contributed by atoms with van der Waals surface area (Å²) in [4.78, 5) is 11.9. The monoisotopic (exact) mass is 276 g/mol. The maximum atomic E-state index is 11.9. The lowest BCUT2D eigenvalue weighted by molar-refractivity contribution is 0.252. The predicted molar refractivity (Wildman–Crippen MR) is 86.4 cm³/mol. The molecular formula is C17H28N2O. The number of carbonyl (C=O) groups excluding carboxylic acids is 1. The number of hydrogen-bond acceptors (Lipinski definition) is 1. The highest BCUT2D eigenvalue weighted by molar-refractivity contribution is 5.91. The molecule has 3 nitrogen and oxygen atoms in total. The molecule has 2 N–H and O–H groups in total. The minimum atomic E-state index is -0.0994. The molecule has 0 saturated heterocycles. The first-order chi connectivity index (χ1) is 9.56. The van der Waals surface area contributed by atoms with Crippen molar-refractivity contribution in [3.05, 3.63) is 29.3 Å². The van der Waals surface area contributed by atoms with E-state index >= 15 is 0 Å². The van der Waals surface area contributed by atoms with E-state index in [0.29, 0.717) is 5.92 Å². The van der Waals surface area contributed by atoms with E-state index in [-0.39, 0.29) is 6.03 Å². The molecule has 112 valence electrons. The zero-order valence-electron chi connectivity index (χ0n) is 13.3. The molecule has 1 aromatic rings. The molecule has 0 saturated carbocycles. The number of unbranched alkanes of at least 4 members (excludes halogenated alkanes) is 3. The van der Waals surface area contributed by atoms with Crippen LogP contribution >= 0.6 is 0 Å². The van der Waals surface area contributed by atoms with Gasteiger partial charge in [0.25, 0.3) is 0 Å². The Labute approximate surface area is 123 Å². The molecule has 0 aliphatic heterocycles. The van der Waals surface area contributed by atoms with Crippen molar-refractivity contribution in [2.24, 2.45) is 0 Å². The summed E-state index contributed by atoms with van der Waals surface area (Å²) in [5.41, 5.74) is 3.25. The summed E-state index contributed by atoms with van der Waals surface area (Å²) >= 11 is 0. The Morgan fingerprint density at radius 1 is 1.20 bits per heavy atom. The van der Waals surface area contributed by atoms with Crippen LogP contribution in [0.25, 0.3) is 0 Å². The van der Waals surface area contributed by atoms with Gasteiger partial charge in [-0.2, -0.15) is 0 Å². The first kappa shape index (κ1) is 16.5. The van der Waals surface area contributed by atoms with Crippen molar-refractivity contribution in [1.29, 1.82) is 0 Å². The van der Waals surface area contributed by atoms with Gasteiger partial charge < -0.3 is 10.6 Å². The van der Waals surface area contributed by atoms with E-state index in [1.807, 2.05) is 19.1 Å². The number of rotatable bonds is 7. The van der Waals surface area contributed by atoms with Gasteiger partial charge in [0.2, 0.25) is 0 Å². The largest absolute Gasteiger partial charge is 0.338 e. The quantitative estimate of drug-likeness (QED) is 0.689. The number of anilines is 1. The molecule has 1 aromatic carbocycles. The third-order valence-electron chi connectivity index (χ3n) is 3.48. The number of amides is 2. The molecule has 20 heavy (non-hydrogen) atoms. The summed E-state index contributed by atoms with van der Waals surface area (Å²) in [5.74, 6) is 0.398. The first-order valence-electron chi connectivity index (χ1n) is 7.70. The maximum Gasteiger partial charge on any atom is 0.319 e.